The van der Waals surface area contributed by atoms with E-state index in [9.17, 15) is 9.59 Å². The molecule has 0 atom stereocenters. The molecule has 7 heteroatoms. The summed E-state index contributed by atoms with van der Waals surface area (Å²) in [5.41, 5.74) is 0.769. The molecule has 22 heavy (non-hydrogen) atoms. The molecule has 0 aromatic carbocycles. The number of thioether (sulfide) groups is 1. The number of thiazole rings is 1. The van der Waals surface area contributed by atoms with Gasteiger partial charge in [0, 0.05) is 11.9 Å². The van der Waals surface area contributed by atoms with Gasteiger partial charge in [-0.2, -0.15) is 0 Å². The SMILES string of the molecule is CCCCNC(=O)Cc1csc(SCC(=O)c2cccs2)n1. The Morgan fingerprint density at radius 2 is 2.23 bits per heavy atom. The van der Waals surface area contributed by atoms with Crippen molar-refractivity contribution in [3.8, 4) is 0 Å². The van der Waals surface area contributed by atoms with E-state index in [2.05, 4.69) is 17.2 Å². The fourth-order valence-corrected chi connectivity index (χ4v) is 4.19. The van der Waals surface area contributed by atoms with Crippen molar-refractivity contribution >= 4 is 46.1 Å². The molecule has 2 heterocycles. The van der Waals surface area contributed by atoms with Crippen LogP contribution in [0.2, 0.25) is 0 Å². The Balaban J connectivity index is 1.76. The number of carbonyl (C=O) groups excluding carboxylic acids is 2. The molecule has 1 amide bonds. The average molecular weight is 355 g/mol. The van der Waals surface area contributed by atoms with Gasteiger partial charge < -0.3 is 5.32 Å². The Hall–Kier alpha value is -1.18. The van der Waals surface area contributed by atoms with Crippen LogP contribution >= 0.6 is 34.4 Å². The average Bonchev–Trinajstić information content (AvgIpc) is 3.16. The Labute approximate surface area is 142 Å². The van der Waals surface area contributed by atoms with Crippen molar-refractivity contribution in [1.29, 1.82) is 0 Å². The summed E-state index contributed by atoms with van der Waals surface area (Å²) in [6, 6.07) is 3.71. The van der Waals surface area contributed by atoms with Crippen LogP contribution in [-0.2, 0) is 11.2 Å². The molecule has 2 aromatic rings. The van der Waals surface area contributed by atoms with E-state index in [4.69, 9.17) is 0 Å². The van der Waals surface area contributed by atoms with Crippen molar-refractivity contribution in [2.24, 2.45) is 0 Å². The van der Waals surface area contributed by atoms with Gasteiger partial charge in [0.2, 0.25) is 5.91 Å². The van der Waals surface area contributed by atoms with Gasteiger partial charge in [0.05, 0.1) is 22.7 Å². The summed E-state index contributed by atoms with van der Waals surface area (Å²) in [6.45, 7) is 2.81. The maximum Gasteiger partial charge on any atom is 0.226 e. The molecule has 0 spiro atoms. The molecular weight excluding hydrogens is 336 g/mol. The molecule has 0 bridgehead atoms. The minimum Gasteiger partial charge on any atom is -0.356 e. The molecule has 0 saturated carbocycles. The molecule has 0 saturated heterocycles. The number of nitrogens with one attached hydrogen (secondary N) is 1. The van der Waals surface area contributed by atoms with Crippen LogP contribution in [0.1, 0.15) is 35.1 Å². The number of rotatable bonds is 9. The number of carbonyl (C=O) groups is 2. The summed E-state index contributed by atoms with van der Waals surface area (Å²) >= 11 is 4.37. The Kier molecular flexibility index (Phi) is 7.08. The first-order chi connectivity index (χ1) is 10.7. The standard InChI is InChI=1S/C15H18N2O2S3/c1-2-3-6-16-14(19)8-11-9-21-15(17-11)22-10-12(18)13-5-4-7-20-13/h4-5,7,9H,2-3,6,8,10H2,1H3,(H,16,19). The minimum absolute atomic E-state index is 0.00459. The summed E-state index contributed by atoms with van der Waals surface area (Å²) in [5, 5.41) is 6.66. The topological polar surface area (TPSA) is 59.1 Å². The quantitative estimate of drug-likeness (QED) is 0.424. The second kappa shape index (κ2) is 9.07. The predicted molar refractivity (Wildman–Crippen MR) is 93.1 cm³/mol. The van der Waals surface area contributed by atoms with E-state index >= 15 is 0 Å². The highest BCUT2D eigenvalue weighted by molar-refractivity contribution is 8.01. The van der Waals surface area contributed by atoms with E-state index in [-0.39, 0.29) is 11.7 Å². The normalized spacial score (nSPS) is 10.6. The first-order valence-corrected chi connectivity index (χ1v) is 9.84. The molecule has 0 aliphatic rings. The third-order valence-electron chi connectivity index (χ3n) is 2.85. The van der Waals surface area contributed by atoms with Crippen LogP contribution < -0.4 is 5.32 Å². The van der Waals surface area contributed by atoms with Crippen molar-refractivity contribution in [2.75, 3.05) is 12.3 Å². The predicted octanol–water partition coefficient (Wildman–Crippen LogP) is 3.64. The van der Waals surface area contributed by atoms with Crippen LogP contribution in [0.4, 0.5) is 0 Å². The van der Waals surface area contributed by atoms with E-state index in [0.29, 0.717) is 12.2 Å². The van der Waals surface area contributed by atoms with Crippen molar-refractivity contribution in [3.63, 3.8) is 0 Å². The van der Waals surface area contributed by atoms with E-state index < -0.39 is 0 Å². The van der Waals surface area contributed by atoms with Gasteiger partial charge in [0.15, 0.2) is 10.1 Å². The number of ketones is 1. The monoisotopic (exact) mass is 354 g/mol. The highest BCUT2D eigenvalue weighted by Crippen LogP contribution is 2.24. The molecule has 118 valence electrons. The highest BCUT2D eigenvalue weighted by atomic mass is 32.2. The maximum absolute atomic E-state index is 11.9. The molecule has 0 unspecified atom stereocenters. The zero-order chi connectivity index (χ0) is 15.8. The zero-order valence-electron chi connectivity index (χ0n) is 12.3. The first-order valence-electron chi connectivity index (χ1n) is 7.09. The lowest BCUT2D eigenvalue weighted by Crippen LogP contribution is -2.26. The summed E-state index contributed by atoms with van der Waals surface area (Å²) in [7, 11) is 0. The number of aromatic nitrogens is 1. The van der Waals surface area contributed by atoms with Crippen molar-refractivity contribution < 1.29 is 9.59 Å². The van der Waals surface area contributed by atoms with Gasteiger partial charge in [-0.25, -0.2) is 4.98 Å². The summed E-state index contributed by atoms with van der Waals surface area (Å²) < 4.78 is 0.835. The van der Waals surface area contributed by atoms with Gasteiger partial charge in [-0.05, 0) is 17.9 Å². The van der Waals surface area contributed by atoms with Crippen LogP contribution in [0.3, 0.4) is 0 Å². The molecule has 2 rings (SSSR count). The first kappa shape index (κ1) is 17.2. The van der Waals surface area contributed by atoms with Gasteiger partial charge in [0.25, 0.3) is 0 Å². The summed E-state index contributed by atoms with van der Waals surface area (Å²) in [5.74, 6) is 0.509. The number of Topliss-reactive ketones (excluding diaryl/α,β-unsaturated/α-hetero) is 1. The van der Waals surface area contributed by atoms with Gasteiger partial charge in [-0.15, -0.1) is 22.7 Å². The number of unbranched alkanes of at least 4 members (excludes halogenated alkanes) is 1. The smallest absolute Gasteiger partial charge is 0.226 e. The number of hydrogen-bond acceptors (Lipinski definition) is 6. The number of amides is 1. The van der Waals surface area contributed by atoms with E-state index in [0.717, 1.165) is 34.3 Å². The van der Waals surface area contributed by atoms with Crippen LogP contribution in [0.5, 0.6) is 0 Å². The van der Waals surface area contributed by atoms with Crippen molar-refractivity contribution in [2.45, 2.75) is 30.5 Å². The Morgan fingerprint density at radius 1 is 1.36 bits per heavy atom. The second-order valence-corrected chi connectivity index (χ2v) is 7.70. The van der Waals surface area contributed by atoms with E-state index in [1.807, 2.05) is 22.9 Å². The van der Waals surface area contributed by atoms with E-state index in [1.165, 1.54) is 34.4 Å². The van der Waals surface area contributed by atoms with Crippen LogP contribution in [0.15, 0.2) is 27.2 Å². The van der Waals surface area contributed by atoms with E-state index in [1.54, 1.807) is 0 Å². The zero-order valence-corrected chi connectivity index (χ0v) is 14.8. The maximum atomic E-state index is 11.9. The molecular formula is C15H18N2O2S3. The van der Waals surface area contributed by atoms with Gasteiger partial charge in [-0.3, -0.25) is 9.59 Å². The van der Waals surface area contributed by atoms with Gasteiger partial charge in [-0.1, -0.05) is 31.2 Å². The second-order valence-electron chi connectivity index (χ2n) is 4.67. The third-order valence-corrected chi connectivity index (χ3v) is 5.83. The fraction of sp³-hybridized carbons (Fsp3) is 0.400. The number of nitrogens with zero attached hydrogens (tertiary/aromatic N) is 1. The molecule has 0 fully saturated rings. The molecule has 1 N–H and O–H groups in total. The number of thiophene rings is 1. The van der Waals surface area contributed by atoms with Crippen LogP contribution in [-0.4, -0.2) is 29.0 Å². The molecule has 4 nitrogen and oxygen atoms in total. The largest absolute Gasteiger partial charge is 0.356 e. The lowest BCUT2D eigenvalue weighted by molar-refractivity contribution is -0.120. The lowest BCUT2D eigenvalue weighted by Gasteiger charge is -2.01. The Morgan fingerprint density at radius 3 is 2.95 bits per heavy atom. The summed E-state index contributed by atoms with van der Waals surface area (Å²) in [4.78, 5) is 28.8. The molecule has 0 aliphatic heterocycles. The van der Waals surface area contributed by atoms with Crippen molar-refractivity contribution in [3.05, 3.63) is 33.5 Å². The minimum atomic E-state index is 0.00459. The van der Waals surface area contributed by atoms with Crippen molar-refractivity contribution in [1.82, 2.24) is 10.3 Å². The molecule has 0 aliphatic carbocycles. The van der Waals surface area contributed by atoms with Crippen LogP contribution in [0, 0.1) is 0 Å². The fourth-order valence-electron chi connectivity index (χ4n) is 1.70. The van der Waals surface area contributed by atoms with Gasteiger partial charge in [0.1, 0.15) is 0 Å². The molecule has 0 radical (unpaired) electrons. The van der Waals surface area contributed by atoms with Gasteiger partial charge >= 0.3 is 0 Å². The lowest BCUT2D eigenvalue weighted by atomic mass is 10.3. The molecule has 2 aromatic heterocycles. The third kappa shape index (κ3) is 5.55. The summed E-state index contributed by atoms with van der Waals surface area (Å²) in [6.07, 6.45) is 2.37. The van der Waals surface area contributed by atoms with Crippen LogP contribution in [0.25, 0.3) is 0 Å². The highest BCUT2D eigenvalue weighted by Gasteiger charge is 2.11. The Bertz CT molecular complexity index is 608. The number of hydrogen-bond donors (Lipinski definition) is 1.